The van der Waals surface area contributed by atoms with Gasteiger partial charge in [0.2, 0.25) is 11.8 Å². The summed E-state index contributed by atoms with van der Waals surface area (Å²) in [6.45, 7) is 8.86. The van der Waals surface area contributed by atoms with Crippen molar-refractivity contribution in [3.05, 3.63) is 85.7 Å². The minimum absolute atomic E-state index is 0.0846. The fourth-order valence-electron chi connectivity index (χ4n) is 8.00. The molecule has 4 aliphatic rings. The molecule has 1 aromatic heterocycles. The van der Waals surface area contributed by atoms with Crippen molar-refractivity contribution in [3.8, 4) is 0 Å². The number of likely N-dealkylation sites (N-methyl/N-ethyl adjacent to an activating group) is 1. The Bertz CT molecular complexity index is 1830. The molecule has 264 valence electrons. The van der Waals surface area contributed by atoms with Gasteiger partial charge in [-0.2, -0.15) is 5.10 Å². The number of piperidine rings is 2. The molecule has 2 aromatic carbocycles. The Labute approximate surface area is 300 Å². The van der Waals surface area contributed by atoms with E-state index in [4.69, 9.17) is 0 Å². The molecule has 7 rings (SSSR count). The van der Waals surface area contributed by atoms with Crippen molar-refractivity contribution < 1.29 is 14.4 Å². The van der Waals surface area contributed by atoms with E-state index < -0.39 is 0 Å². The van der Waals surface area contributed by atoms with Gasteiger partial charge in [0.05, 0.1) is 17.8 Å². The number of anilines is 2. The average molecular weight is 746 g/mol. The quantitative estimate of drug-likeness (QED) is 0.352. The molecule has 12 nitrogen and oxygen atoms in total. The molecule has 13 heteroatoms. The summed E-state index contributed by atoms with van der Waals surface area (Å²) in [6.07, 6.45) is 3.54. The molecule has 0 radical (unpaired) electrons. The van der Waals surface area contributed by atoms with E-state index in [1.807, 2.05) is 30.0 Å². The van der Waals surface area contributed by atoms with Crippen LogP contribution in [0.4, 0.5) is 11.4 Å². The number of piperazine rings is 1. The summed E-state index contributed by atoms with van der Waals surface area (Å²) < 4.78 is 1.80. The molecule has 2 N–H and O–H groups in total. The molecular weight excluding hydrogens is 700 g/mol. The van der Waals surface area contributed by atoms with Crippen LogP contribution in [0.2, 0.25) is 0 Å². The van der Waals surface area contributed by atoms with Crippen LogP contribution in [-0.4, -0.2) is 114 Å². The van der Waals surface area contributed by atoms with Crippen LogP contribution in [0.15, 0.2) is 57.9 Å². The summed E-state index contributed by atoms with van der Waals surface area (Å²) in [5, 5.41) is 10.1. The summed E-state index contributed by atoms with van der Waals surface area (Å²) in [4.78, 5) is 58.9. The van der Waals surface area contributed by atoms with E-state index in [0.29, 0.717) is 48.1 Å². The van der Waals surface area contributed by atoms with Crippen LogP contribution in [0, 0.1) is 6.92 Å². The molecule has 3 atom stereocenters. The number of nitrogens with one attached hydrogen (secondary N) is 2. The number of benzene rings is 2. The van der Waals surface area contributed by atoms with E-state index in [2.05, 4.69) is 77.7 Å². The normalized spacial score (nSPS) is 23.8. The highest BCUT2D eigenvalue weighted by atomic mass is 79.9. The van der Waals surface area contributed by atoms with Crippen molar-refractivity contribution in [2.75, 3.05) is 69.6 Å². The van der Waals surface area contributed by atoms with Crippen molar-refractivity contribution in [1.82, 2.24) is 29.8 Å². The number of carbonyl (C=O) groups excluding carboxylic acids is 3. The predicted octanol–water partition coefficient (Wildman–Crippen LogP) is 2.92. The molecule has 1 unspecified atom stereocenters. The highest BCUT2D eigenvalue weighted by Crippen LogP contribution is 2.33. The second kappa shape index (κ2) is 14.3. The lowest BCUT2D eigenvalue weighted by Crippen LogP contribution is -2.63. The fraction of sp³-hybridized carbons (Fsp3) is 0.486. The van der Waals surface area contributed by atoms with Crippen molar-refractivity contribution in [2.45, 2.75) is 50.1 Å². The van der Waals surface area contributed by atoms with Gasteiger partial charge < -0.3 is 20.0 Å². The maximum Gasteiger partial charge on any atom is 0.282 e. The zero-order valence-corrected chi connectivity index (χ0v) is 30.5. The third-order valence-corrected chi connectivity index (χ3v) is 11.7. The summed E-state index contributed by atoms with van der Waals surface area (Å²) >= 11 is 3.43. The summed E-state index contributed by atoms with van der Waals surface area (Å²) in [5.41, 5.74) is 5.71. The van der Waals surface area contributed by atoms with Crippen LogP contribution >= 0.6 is 15.9 Å². The van der Waals surface area contributed by atoms with E-state index in [0.717, 1.165) is 68.1 Å². The lowest BCUT2D eigenvalue weighted by atomic mass is 9.87. The van der Waals surface area contributed by atoms with Crippen LogP contribution in [-0.2, 0) is 16.6 Å². The van der Waals surface area contributed by atoms with Gasteiger partial charge in [-0.3, -0.25) is 29.4 Å². The predicted molar refractivity (Wildman–Crippen MR) is 196 cm³/mol. The maximum absolute atomic E-state index is 13.5. The third-order valence-electron chi connectivity index (χ3n) is 10.9. The molecule has 3 amide bonds. The van der Waals surface area contributed by atoms with E-state index in [9.17, 15) is 19.2 Å². The lowest BCUT2D eigenvalue weighted by Gasteiger charge is -2.49. The lowest BCUT2D eigenvalue weighted by molar-refractivity contribution is -0.134. The number of hydrogen-bond acceptors (Lipinski definition) is 9. The van der Waals surface area contributed by atoms with Gasteiger partial charge in [0.25, 0.3) is 11.5 Å². The van der Waals surface area contributed by atoms with Crippen molar-refractivity contribution in [3.63, 3.8) is 0 Å². The van der Waals surface area contributed by atoms with Gasteiger partial charge >= 0.3 is 0 Å². The Balaban J connectivity index is 0.890. The molecule has 5 heterocycles. The number of halogens is 1. The molecule has 50 heavy (non-hydrogen) atoms. The first kappa shape index (κ1) is 34.4. The highest BCUT2D eigenvalue weighted by Gasteiger charge is 2.36. The van der Waals surface area contributed by atoms with Gasteiger partial charge in [-0.05, 0) is 89.6 Å². The number of imide groups is 1. The number of amides is 3. The Morgan fingerprint density at radius 1 is 0.960 bits per heavy atom. The smallest absolute Gasteiger partial charge is 0.282 e. The molecule has 4 fully saturated rings. The summed E-state index contributed by atoms with van der Waals surface area (Å²) in [6, 6.07) is 15.1. The third kappa shape index (κ3) is 7.08. The standard InChI is InChI=1S/C37H45BrN8O4/c1-23-16-28(8-9-30(23)31-10-11-33(47)41-35(31)48)46-21-29(22-46)44-12-14-45(15-13-44)36(49)25-6-4-24(5-7-25)26-17-27(20-42(2)19-26)40-32-18-39-43(3)37(50)34(32)38/h4-9,16,18,26-27,29,31,40H,10-15,17,19-22H2,1-3H3,(H,41,47,48)/t26-,27+,31?/m0/s1. The first-order valence-electron chi connectivity index (χ1n) is 17.5. The zero-order valence-electron chi connectivity index (χ0n) is 28.9. The Hall–Kier alpha value is -4.07. The average Bonchev–Trinajstić information content (AvgIpc) is 3.08. The van der Waals surface area contributed by atoms with Crippen molar-refractivity contribution in [1.29, 1.82) is 0 Å². The molecular formula is C37H45BrN8O4. The van der Waals surface area contributed by atoms with Crippen molar-refractivity contribution in [2.24, 2.45) is 7.05 Å². The Morgan fingerprint density at radius 3 is 2.40 bits per heavy atom. The molecule has 0 saturated carbocycles. The van der Waals surface area contributed by atoms with Crippen LogP contribution in [0.3, 0.4) is 0 Å². The van der Waals surface area contributed by atoms with Gasteiger partial charge in [-0.1, -0.05) is 18.2 Å². The fourth-order valence-corrected chi connectivity index (χ4v) is 8.48. The number of aromatic nitrogens is 2. The number of likely N-dealkylation sites (tertiary alicyclic amines) is 1. The van der Waals surface area contributed by atoms with Gasteiger partial charge in [0.15, 0.2) is 0 Å². The van der Waals surface area contributed by atoms with Crippen LogP contribution < -0.4 is 21.1 Å². The van der Waals surface area contributed by atoms with Gasteiger partial charge in [-0.25, -0.2) is 4.68 Å². The zero-order chi connectivity index (χ0) is 35.1. The van der Waals surface area contributed by atoms with E-state index >= 15 is 0 Å². The second-order valence-electron chi connectivity index (χ2n) is 14.3. The molecule has 3 aromatic rings. The molecule has 4 aliphatic heterocycles. The van der Waals surface area contributed by atoms with Gasteiger partial charge in [-0.15, -0.1) is 0 Å². The number of hydrogen-bond donors (Lipinski definition) is 2. The number of aryl methyl sites for hydroxylation is 2. The van der Waals surface area contributed by atoms with Crippen LogP contribution in [0.25, 0.3) is 0 Å². The van der Waals surface area contributed by atoms with E-state index in [1.54, 1.807) is 13.2 Å². The topological polar surface area (TPSA) is 123 Å². The number of carbonyl (C=O) groups is 3. The Morgan fingerprint density at radius 2 is 1.70 bits per heavy atom. The number of nitrogens with zero attached hydrogens (tertiary/aromatic N) is 6. The SMILES string of the molecule is Cc1cc(N2CC(N3CCN(C(=O)c4ccc([C@H]5C[C@@H](Nc6cnn(C)c(=O)c6Br)CN(C)C5)cc4)CC3)C2)ccc1C1CCC(=O)NC1=O. The van der Waals surface area contributed by atoms with E-state index in [1.165, 1.54) is 10.2 Å². The monoisotopic (exact) mass is 744 g/mol. The number of rotatable bonds is 7. The van der Waals surface area contributed by atoms with Crippen LogP contribution in [0.1, 0.15) is 58.1 Å². The second-order valence-corrected chi connectivity index (χ2v) is 15.1. The molecule has 0 aliphatic carbocycles. The minimum Gasteiger partial charge on any atom is -0.379 e. The van der Waals surface area contributed by atoms with Crippen LogP contribution in [0.5, 0.6) is 0 Å². The van der Waals surface area contributed by atoms with Crippen molar-refractivity contribution >= 4 is 45.0 Å². The van der Waals surface area contributed by atoms with Gasteiger partial charge in [0, 0.05) is 89.2 Å². The summed E-state index contributed by atoms with van der Waals surface area (Å²) in [5.74, 6) is -0.269. The minimum atomic E-state index is -0.266. The Kier molecular flexibility index (Phi) is 9.82. The molecule has 4 saturated heterocycles. The molecule has 0 spiro atoms. The maximum atomic E-state index is 13.5. The first-order valence-corrected chi connectivity index (χ1v) is 18.3. The molecule has 0 bridgehead atoms. The van der Waals surface area contributed by atoms with Gasteiger partial charge in [0.1, 0.15) is 4.47 Å². The first-order chi connectivity index (χ1) is 24.0. The largest absolute Gasteiger partial charge is 0.379 e. The highest BCUT2D eigenvalue weighted by molar-refractivity contribution is 9.10. The van der Waals surface area contributed by atoms with E-state index in [-0.39, 0.29) is 35.2 Å². The summed E-state index contributed by atoms with van der Waals surface area (Å²) in [7, 11) is 3.75.